The molecule has 27 heteroatoms. The Morgan fingerprint density at radius 2 is 1.25 bits per heavy atom. The molecule has 10 rings (SSSR count). The number of carbonyl (C=O) groups excluding carboxylic acids is 4. The molecule has 5 unspecified atom stereocenters. The van der Waals surface area contributed by atoms with Gasteiger partial charge in [0.05, 0.1) is 24.0 Å². The summed E-state index contributed by atoms with van der Waals surface area (Å²) in [6, 6.07) is 7.29. The molecule has 7 heterocycles. The highest BCUT2D eigenvalue weighted by Gasteiger charge is 2.53. The fourth-order valence-corrected chi connectivity index (χ4v) is 10.3. The van der Waals surface area contributed by atoms with E-state index in [1.165, 1.54) is 46.2 Å². The van der Waals surface area contributed by atoms with Gasteiger partial charge in [0.1, 0.15) is 59.4 Å². The predicted molar refractivity (Wildman–Crippen MR) is 265 cm³/mol. The van der Waals surface area contributed by atoms with Crippen molar-refractivity contribution in [1.29, 1.82) is 0 Å². The molecule has 378 valence electrons. The van der Waals surface area contributed by atoms with Gasteiger partial charge in [-0.1, -0.05) is 47.6 Å². The third-order valence-corrected chi connectivity index (χ3v) is 13.9. The van der Waals surface area contributed by atoms with Gasteiger partial charge in [0.15, 0.2) is 23.3 Å². The van der Waals surface area contributed by atoms with Crippen LogP contribution in [-0.4, -0.2) is 76.1 Å². The van der Waals surface area contributed by atoms with Crippen molar-refractivity contribution in [2.75, 3.05) is 11.1 Å². The van der Waals surface area contributed by atoms with E-state index >= 15 is 0 Å². The average molecular weight is 1180 g/mol. The van der Waals surface area contributed by atoms with E-state index < -0.39 is 64.2 Å². The zero-order valence-corrected chi connectivity index (χ0v) is 42.6. The van der Waals surface area contributed by atoms with Crippen LogP contribution in [-0.2, 0) is 16.1 Å². The Bertz CT molecular complexity index is 3000. The van der Waals surface area contributed by atoms with Gasteiger partial charge in [0.25, 0.3) is 34.4 Å². The van der Waals surface area contributed by atoms with E-state index in [2.05, 4.69) is 72.7 Å². The van der Waals surface area contributed by atoms with Crippen molar-refractivity contribution in [1.82, 2.24) is 44.7 Å². The van der Waals surface area contributed by atoms with E-state index in [0.717, 1.165) is 32.1 Å². The van der Waals surface area contributed by atoms with Crippen LogP contribution >= 0.6 is 66.7 Å². The zero-order valence-electron chi connectivity index (χ0n) is 37.1. The molecule has 5 atom stereocenters. The highest BCUT2D eigenvalue weighted by molar-refractivity contribution is 9.10. The van der Waals surface area contributed by atoms with Gasteiger partial charge in [-0.25, -0.2) is 33.1 Å². The number of hydrogen-bond acceptors (Lipinski definition) is 13. The molecule has 0 radical (unpaired) electrons. The first kappa shape index (κ1) is 54.6. The van der Waals surface area contributed by atoms with Gasteiger partial charge in [0, 0.05) is 18.8 Å². The monoisotopic (exact) mass is 1170 g/mol. The summed E-state index contributed by atoms with van der Waals surface area (Å²) in [6.07, 6.45) is 9.10. The van der Waals surface area contributed by atoms with Crippen LogP contribution in [0.25, 0.3) is 0 Å². The number of alkyl halides is 3. The highest BCUT2D eigenvalue weighted by atomic mass is 79.9. The van der Waals surface area contributed by atoms with Gasteiger partial charge in [-0.05, 0) is 120 Å². The number of H-pyrrole nitrogens is 1. The molecule has 0 aromatic carbocycles. The summed E-state index contributed by atoms with van der Waals surface area (Å²) >= 11 is 23.9. The van der Waals surface area contributed by atoms with E-state index in [-0.39, 0.29) is 59.0 Å². The number of fused-ring (bicyclic) bond motifs is 4. The first-order chi connectivity index (χ1) is 33.7. The fraction of sp³-hybridized carbons (Fsp3) is 0.386. The summed E-state index contributed by atoms with van der Waals surface area (Å²) in [5.74, 6) is -1.06. The van der Waals surface area contributed by atoms with Crippen molar-refractivity contribution >= 4 is 107 Å². The van der Waals surface area contributed by atoms with Gasteiger partial charge < -0.3 is 32.4 Å². The maximum absolute atomic E-state index is 14.8. The van der Waals surface area contributed by atoms with Gasteiger partial charge >= 0.3 is 0 Å². The lowest BCUT2D eigenvalue weighted by Gasteiger charge is -2.38. The van der Waals surface area contributed by atoms with Crippen molar-refractivity contribution < 1.29 is 32.3 Å². The molecular weight excluding hydrogens is 1130 g/mol. The topological polar surface area (TPSA) is 285 Å². The molecule has 3 fully saturated rings. The Kier molecular flexibility index (Phi) is 18.2. The molecule has 19 nitrogen and oxygen atoms in total. The molecule has 2 aliphatic heterocycles. The Balaban J connectivity index is 0.000000158. The van der Waals surface area contributed by atoms with Crippen molar-refractivity contribution in [2.24, 2.45) is 5.73 Å². The summed E-state index contributed by atoms with van der Waals surface area (Å²) in [5, 5.41) is 8.53. The van der Waals surface area contributed by atoms with Crippen LogP contribution < -0.4 is 44.1 Å². The first-order valence-corrected chi connectivity index (χ1v) is 24.5. The minimum absolute atomic E-state index is 0.00412. The molecule has 0 bridgehead atoms. The van der Waals surface area contributed by atoms with Gasteiger partial charge in [-0.15, -0.1) is 0 Å². The minimum Gasteiger partial charge on any atom is -0.384 e. The Morgan fingerprint density at radius 1 is 0.718 bits per heavy atom. The van der Waals surface area contributed by atoms with Crippen LogP contribution in [0.1, 0.15) is 109 Å². The smallest absolute Gasteiger partial charge is 0.277 e. The number of anilines is 3. The molecular formula is C44H44Br2Cl3F3N12O7. The van der Waals surface area contributed by atoms with Crippen molar-refractivity contribution in [3.8, 4) is 0 Å². The van der Waals surface area contributed by atoms with Crippen LogP contribution in [0.4, 0.5) is 30.5 Å². The number of aromatic nitrogens is 7. The summed E-state index contributed by atoms with van der Waals surface area (Å²) in [5.41, 5.74) is 6.22. The number of pyridine rings is 3. The molecule has 2 spiro atoms. The van der Waals surface area contributed by atoms with Crippen LogP contribution in [0.3, 0.4) is 0 Å². The SMILES string of the molecule is NC(=O)c1[nH]c(=O)c(Br)cc1Cl.Nc1ccncn1.O=C1CCCCC1F.O=C1NC2(CCCCC2F)n2c1c(Cl)cc(Br)c2=O.O=C1NC2(CCCCC2F)n2c1c(Cl)cc(Nc1ccncn1)c2=O. The molecule has 3 saturated carbocycles. The number of nitrogens with zero attached hydrogens (tertiary/aromatic N) is 6. The third-order valence-electron chi connectivity index (χ3n) is 11.8. The predicted octanol–water partition coefficient (Wildman–Crippen LogP) is 7.33. The molecule has 3 aliphatic carbocycles. The fourth-order valence-electron chi connectivity index (χ4n) is 8.45. The summed E-state index contributed by atoms with van der Waals surface area (Å²) < 4.78 is 44.3. The second-order valence-electron chi connectivity index (χ2n) is 16.5. The van der Waals surface area contributed by atoms with Gasteiger partial charge in [-0.2, -0.15) is 0 Å². The molecule has 0 saturated heterocycles. The number of Topliss-reactive ketones (excluding diaryl/α,β-unsaturated/α-hetero) is 1. The number of nitrogens with one attached hydrogen (secondary N) is 4. The molecule has 5 aliphatic rings. The minimum atomic E-state index is -1.37. The van der Waals surface area contributed by atoms with E-state index in [0.29, 0.717) is 50.2 Å². The Labute approximate surface area is 433 Å². The van der Waals surface area contributed by atoms with Crippen LogP contribution in [0, 0.1) is 0 Å². The maximum atomic E-state index is 14.8. The quantitative estimate of drug-likeness (QED) is 0.103. The normalized spacial score (nSPS) is 22.6. The number of primary amides is 1. The number of nitrogen functional groups attached to an aromatic ring is 1. The van der Waals surface area contributed by atoms with Gasteiger partial charge in [-0.3, -0.25) is 42.7 Å². The third kappa shape index (κ3) is 12.2. The van der Waals surface area contributed by atoms with E-state index in [1.54, 1.807) is 18.3 Å². The maximum Gasteiger partial charge on any atom is 0.277 e. The largest absolute Gasteiger partial charge is 0.384 e. The highest BCUT2D eigenvalue weighted by Crippen LogP contribution is 2.42. The van der Waals surface area contributed by atoms with Crippen LogP contribution in [0.2, 0.25) is 15.1 Å². The lowest BCUT2D eigenvalue weighted by Crippen LogP contribution is -2.55. The summed E-state index contributed by atoms with van der Waals surface area (Å²) in [6.45, 7) is 0. The summed E-state index contributed by atoms with van der Waals surface area (Å²) in [4.78, 5) is 99.0. The number of halogens is 8. The average Bonchev–Trinajstić information content (AvgIpc) is 3.81. The standard InChI is InChI=1S/C16H15ClFN5O2.C12H11BrClFN2O2.C6H4BrClN2O2.C6H9FO.C4H5N3/c17-9-7-10(21-12-4-6-19-8-20-12)15(25)23-13(9)14(24)22-16(23)5-2-1-3-11(16)18;13-6-5-7(14)9-10(18)16-12(17(9)11(6)19)4-2-1-3-8(12)15;7-2-1-3(8)4(5(9)11)10-6(2)12;7-5-3-1-2-4-6(5)8;5-4-1-2-6-3-7-4/h4,6-8,11H,1-3,5H2,(H,22,24)(H,19,20,21);5,8H,1-4H2,(H,16,18);1H,(H2,9,11)(H,10,12);5H,1-4H2;1-3H,(H2,5,6,7). The molecule has 5 aromatic heterocycles. The van der Waals surface area contributed by atoms with E-state index in [4.69, 9.17) is 46.3 Å². The second kappa shape index (κ2) is 23.7. The first-order valence-electron chi connectivity index (χ1n) is 21.8. The molecule has 5 aromatic rings. The second-order valence-corrected chi connectivity index (χ2v) is 19.4. The number of ketones is 1. The number of amides is 3. The van der Waals surface area contributed by atoms with Crippen molar-refractivity contribution in [3.63, 3.8) is 0 Å². The van der Waals surface area contributed by atoms with E-state index in [9.17, 15) is 46.7 Å². The Morgan fingerprint density at radius 3 is 1.72 bits per heavy atom. The van der Waals surface area contributed by atoms with Gasteiger partial charge in [0.2, 0.25) is 0 Å². The Hall–Kier alpha value is -5.69. The number of carbonyl (C=O) groups is 4. The number of hydrogen-bond donors (Lipinski definition) is 6. The summed E-state index contributed by atoms with van der Waals surface area (Å²) in [7, 11) is 0. The number of aromatic amines is 1. The molecule has 71 heavy (non-hydrogen) atoms. The molecule has 8 N–H and O–H groups in total. The van der Waals surface area contributed by atoms with Crippen molar-refractivity contribution in [3.05, 3.63) is 128 Å². The number of nitrogens with two attached hydrogens (primary N) is 2. The van der Waals surface area contributed by atoms with Crippen molar-refractivity contribution in [2.45, 2.75) is 107 Å². The lowest BCUT2D eigenvalue weighted by molar-refractivity contribution is -0.125. The molecule has 3 amide bonds. The van der Waals surface area contributed by atoms with Crippen LogP contribution in [0.15, 0.2) is 78.7 Å². The lowest BCUT2D eigenvalue weighted by atomic mass is 9.87. The zero-order chi connectivity index (χ0) is 51.8. The number of rotatable bonds is 3. The van der Waals surface area contributed by atoms with E-state index in [1.807, 2.05) is 0 Å². The van der Waals surface area contributed by atoms with Crippen LogP contribution in [0.5, 0.6) is 0 Å².